The number of H-pyrrole nitrogens is 1. The van der Waals surface area contributed by atoms with Crippen LogP contribution >= 0.6 is 11.8 Å². The third kappa shape index (κ3) is 3.41. The summed E-state index contributed by atoms with van der Waals surface area (Å²) in [4.78, 5) is 28.9. The molecule has 1 aliphatic rings. The van der Waals surface area contributed by atoms with Crippen molar-refractivity contribution < 1.29 is 14.0 Å². The molecule has 8 heteroatoms. The Hall–Kier alpha value is -2.87. The summed E-state index contributed by atoms with van der Waals surface area (Å²) in [7, 11) is 0. The normalized spacial score (nSPS) is 14.2. The van der Waals surface area contributed by atoms with E-state index in [9.17, 15) is 9.59 Å². The molecule has 1 N–H and O–H groups in total. The summed E-state index contributed by atoms with van der Waals surface area (Å²) in [6, 6.07) is 10.8. The summed E-state index contributed by atoms with van der Waals surface area (Å²) in [6.45, 7) is 0.738. The third-order valence-corrected chi connectivity index (χ3v) is 4.95. The SMILES string of the molecule is O=C(CSc1nnc(-c2ccc[nH]2)o1)c1ccc(N2CCCC2=O)cc1. The number of amides is 1. The number of anilines is 1. The van der Waals surface area contributed by atoms with Gasteiger partial charge in [-0.2, -0.15) is 0 Å². The van der Waals surface area contributed by atoms with Gasteiger partial charge in [0.15, 0.2) is 5.78 Å². The van der Waals surface area contributed by atoms with E-state index in [0.717, 1.165) is 24.3 Å². The van der Waals surface area contributed by atoms with Crippen molar-refractivity contribution in [1.82, 2.24) is 15.2 Å². The Kier molecular flexibility index (Phi) is 4.57. The molecule has 4 rings (SSSR count). The molecule has 1 saturated heterocycles. The van der Waals surface area contributed by atoms with Crippen molar-refractivity contribution in [3.63, 3.8) is 0 Å². The van der Waals surface area contributed by atoms with Crippen LogP contribution in [0.3, 0.4) is 0 Å². The van der Waals surface area contributed by atoms with Gasteiger partial charge in [-0.3, -0.25) is 9.59 Å². The van der Waals surface area contributed by atoms with Gasteiger partial charge in [0.1, 0.15) is 5.69 Å². The highest BCUT2D eigenvalue weighted by Gasteiger charge is 2.21. The number of thioether (sulfide) groups is 1. The highest BCUT2D eigenvalue weighted by atomic mass is 32.2. The molecule has 1 amide bonds. The quantitative estimate of drug-likeness (QED) is 0.531. The summed E-state index contributed by atoms with van der Waals surface area (Å²) in [5.41, 5.74) is 2.17. The lowest BCUT2D eigenvalue weighted by Gasteiger charge is -2.15. The van der Waals surface area contributed by atoms with Crippen LogP contribution in [0.1, 0.15) is 23.2 Å². The van der Waals surface area contributed by atoms with Gasteiger partial charge in [-0.1, -0.05) is 11.8 Å². The summed E-state index contributed by atoms with van der Waals surface area (Å²) in [5, 5.41) is 8.25. The highest BCUT2D eigenvalue weighted by Crippen LogP contribution is 2.24. The van der Waals surface area contributed by atoms with Gasteiger partial charge in [0, 0.05) is 30.4 Å². The van der Waals surface area contributed by atoms with E-state index < -0.39 is 0 Å². The fourth-order valence-electron chi connectivity index (χ4n) is 2.80. The maximum Gasteiger partial charge on any atom is 0.277 e. The van der Waals surface area contributed by atoms with Crippen molar-refractivity contribution in [2.45, 2.75) is 18.1 Å². The second-order valence-corrected chi connectivity index (χ2v) is 6.79. The van der Waals surface area contributed by atoms with Gasteiger partial charge in [0.05, 0.1) is 5.75 Å². The summed E-state index contributed by atoms with van der Waals surface area (Å²) >= 11 is 1.20. The molecule has 1 aliphatic heterocycles. The average Bonchev–Trinajstić information content (AvgIpc) is 3.41. The zero-order valence-corrected chi connectivity index (χ0v) is 14.7. The summed E-state index contributed by atoms with van der Waals surface area (Å²) in [5.74, 6) is 0.696. The molecule has 132 valence electrons. The zero-order valence-electron chi connectivity index (χ0n) is 13.8. The first-order valence-electron chi connectivity index (χ1n) is 8.24. The van der Waals surface area contributed by atoms with Crippen molar-refractivity contribution in [1.29, 1.82) is 0 Å². The molecule has 3 aromatic rings. The van der Waals surface area contributed by atoms with Crippen molar-refractivity contribution in [3.05, 3.63) is 48.2 Å². The van der Waals surface area contributed by atoms with Gasteiger partial charge in [-0.15, -0.1) is 10.2 Å². The molecular formula is C18H16N4O3S. The molecule has 26 heavy (non-hydrogen) atoms. The molecule has 0 spiro atoms. The zero-order chi connectivity index (χ0) is 17.9. The van der Waals surface area contributed by atoms with Crippen LogP contribution in [0.2, 0.25) is 0 Å². The number of hydrogen-bond acceptors (Lipinski definition) is 6. The number of carbonyl (C=O) groups excluding carboxylic acids is 2. The molecule has 3 heterocycles. The summed E-state index contributed by atoms with van der Waals surface area (Å²) < 4.78 is 5.53. The number of ketones is 1. The Morgan fingerprint density at radius 2 is 2.08 bits per heavy atom. The first-order valence-corrected chi connectivity index (χ1v) is 9.23. The lowest BCUT2D eigenvalue weighted by Crippen LogP contribution is -2.23. The number of carbonyl (C=O) groups is 2. The molecule has 1 fully saturated rings. The molecular weight excluding hydrogens is 352 g/mol. The molecule has 0 atom stereocenters. The highest BCUT2D eigenvalue weighted by molar-refractivity contribution is 7.99. The average molecular weight is 368 g/mol. The summed E-state index contributed by atoms with van der Waals surface area (Å²) in [6.07, 6.45) is 3.24. The smallest absolute Gasteiger partial charge is 0.277 e. The van der Waals surface area contributed by atoms with Gasteiger partial charge < -0.3 is 14.3 Å². The van der Waals surface area contributed by atoms with Crippen molar-refractivity contribution in [2.75, 3.05) is 17.2 Å². The Labute approximate surface area is 153 Å². The van der Waals surface area contributed by atoms with Gasteiger partial charge in [0.2, 0.25) is 5.91 Å². The Morgan fingerprint density at radius 3 is 2.77 bits per heavy atom. The molecule has 1 aromatic carbocycles. The van der Waals surface area contributed by atoms with E-state index in [1.165, 1.54) is 11.8 Å². The standard InChI is InChI=1S/C18H16N4O3S/c23-15(11-26-18-21-20-17(25-18)14-3-1-9-19-14)12-5-7-13(8-6-12)22-10-2-4-16(22)24/h1,3,5-9,19H,2,4,10-11H2. The van der Waals surface area contributed by atoms with Crippen LogP contribution in [0.5, 0.6) is 0 Å². The van der Waals surface area contributed by atoms with Crippen molar-refractivity contribution >= 4 is 29.1 Å². The predicted molar refractivity (Wildman–Crippen MR) is 97.2 cm³/mol. The molecule has 0 aliphatic carbocycles. The molecule has 0 saturated carbocycles. The molecule has 0 radical (unpaired) electrons. The van der Waals surface area contributed by atoms with Crippen LogP contribution in [-0.4, -0.2) is 39.2 Å². The predicted octanol–water partition coefficient (Wildman–Crippen LogP) is 3.17. The maximum atomic E-state index is 12.4. The van der Waals surface area contributed by atoms with Gasteiger partial charge in [0.25, 0.3) is 11.1 Å². The Balaban J connectivity index is 1.37. The van der Waals surface area contributed by atoms with E-state index in [1.54, 1.807) is 23.2 Å². The number of benzene rings is 1. The lowest BCUT2D eigenvalue weighted by molar-refractivity contribution is -0.117. The fraction of sp³-hybridized carbons (Fsp3) is 0.222. The Bertz CT molecular complexity index is 918. The molecule has 0 unspecified atom stereocenters. The van der Waals surface area contributed by atoms with Gasteiger partial charge in [-0.05, 0) is 42.8 Å². The van der Waals surface area contributed by atoms with Crippen LogP contribution in [0.15, 0.2) is 52.2 Å². The first-order chi connectivity index (χ1) is 12.7. The second-order valence-electron chi connectivity index (χ2n) is 5.86. The number of nitrogens with zero attached hydrogens (tertiary/aromatic N) is 3. The first kappa shape index (κ1) is 16.6. The van der Waals surface area contributed by atoms with Crippen molar-refractivity contribution in [2.24, 2.45) is 0 Å². The fourth-order valence-corrected chi connectivity index (χ4v) is 3.46. The van der Waals surface area contributed by atoms with Crippen LogP contribution < -0.4 is 4.90 Å². The molecule has 7 nitrogen and oxygen atoms in total. The largest absolute Gasteiger partial charge is 0.410 e. The lowest BCUT2D eigenvalue weighted by atomic mass is 10.1. The number of nitrogens with one attached hydrogen (secondary N) is 1. The monoisotopic (exact) mass is 368 g/mol. The van der Waals surface area contributed by atoms with Crippen LogP contribution in [0.25, 0.3) is 11.6 Å². The van der Waals surface area contributed by atoms with Crippen LogP contribution in [0.4, 0.5) is 5.69 Å². The minimum atomic E-state index is -0.0334. The number of aromatic amines is 1. The topological polar surface area (TPSA) is 92.1 Å². The minimum Gasteiger partial charge on any atom is -0.410 e. The van der Waals surface area contributed by atoms with E-state index in [1.807, 2.05) is 24.3 Å². The van der Waals surface area contributed by atoms with E-state index in [2.05, 4.69) is 15.2 Å². The molecule has 2 aromatic heterocycles. The van der Waals surface area contributed by atoms with E-state index in [-0.39, 0.29) is 17.4 Å². The second kappa shape index (κ2) is 7.17. The molecule has 0 bridgehead atoms. The number of rotatable bonds is 6. The van der Waals surface area contributed by atoms with Crippen LogP contribution in [0, 0.1) is 0 Å². The van der Waals surface area contributed by atoms with Gasteiger partial charge in [-0.25, -0.2) is 0 Å². The third-order valence-electron chi connectivity index (χ3n) is 4.14. The maximum absolute atomic E-state index is 12.4. The van der Waals surface area contributed by atoms with E-state index in [0.29, 0.717) is 23.1 Å². The van der Waals surface area contributed by atoms with E-state index in [4.69, 9.17) is 4.42 Å². The number of Topliss-reactive ketones (excluding diaryl/α,β-unsaturated/α-hetero) is 1. The number of aromatic nitrogens is 3. The minimum absolute atomic E-state index is 0.0334. The Morgan fingerprint density at radius 1 is 1.23 bits per heavy atom. The van der Waals surface area contributed by atoms with Crippen molar-refractivity contribution in [3.8, 4) is 11.6 Å². The number of hydrogen-bond donors (Lipinski definition) is 1. The van der Waals surface area contributed by atoms with Gasteiger partial charge >= 0.3 is 0 Å². The van der Waals surface area contributed by atoms with E-state index >= 15 is 0 Å². The van der Waals surface area contributed by atoms with Crippen LogP contribution in [-0.2, 0) is 4.79 Å².